The van der Waals surface area contributed by atoms with Gasteiger partial charge in [0.25, 0.3) is 0 Å². The molecule has 0 spiro atoms. The number of carbonyl (C=O) groups excluding carboxylic acids is 4. The van der Waals surface area contributed by atoms with Crippen LogP contribution in [0.3, 0.4) is 0 Å². The third-order valence-corrected chi connectivity index (χ3v) is 6.45. The number of ether oxygens (including phenoxy) is 5. The Kier molecular flexibility index (Phi) is 9.61. The van der Waals surface area contributed by atoms with E-state index in [2.05, 4.69) is 26.2 Å². The average Bonchev–Trinajstić information content (AvgIpc) is 3.34. The SMILES string of the molecule is COC(=O)C1=C[C@H](n2cc(-c3ccccc3Br)nn2)[C@@H](C)[C@H]([C@H](OC(C)=O)C(COC(C)=O)OC(C)=O)O1. The minimum Gasteiger partial charge on any atom is -0.479 e. The van der Waals surface area contributed by atoms with E-state index in [9.17, 15) is 19.2 Å². The van der Waals surface area contributed by atoms with Crippen molar-refractivity contribution in [1.29, 1.82) is 0 Å². The topological polar surface area (TPSA) is 145 Å². The van der Waals surface area contributed by atoms with Crippen molar-refractivity contribution < 1.29 is 42.9 Å². The van der Waals surface area contributed by atoms with Crippen LogP contribution in [-0.4, -0.2) is 70.9 Å². The first kappa shape index (κ1) is 28.8. The molecule has 0 saturated heterocycles. The highest BCUT2D eigenvalue weighted by molar-refractivity contribution is 9.10. The summed E-state index contributed by atoms with van der Waals surface area (Å²) in [7, 11) is 1.20. The Morgan fingerprint density at radius 3 is 2.37 bits per heavy atom. The molecular formula is C25H28BrN3O9. The second kappa shape index (κ2) is 12.7. The van der Waals surface area contributed by atoms with E-state index in [0.29, 0.717) is 5.69 Å². The van der Waals surface area contributed by atoms with Crippen LogP contribution in [-0.2, 0) is 42.9 Å². The Balaban J connectivity index is 2.04. The highest BCUT2D eigenvalue weighted by Gasteiger charge is 2.46. The molecule has 2 heterocycles. The van der Waals surface area contributed by atoms with Crippen LogP contribution in [0.25, 0.3) is 11.3 Å². The number of hydrogen-bond acceptors (Lipinski definition) is 11. The highest BCUT2D eigenvalue weighted by Crippen LogP contribution is 2.37. The zero-order chi connectivity index (χ0) is 28.0. The van der Waals surface area contributed by atoms with Gasteiger partial charge in [-0.25, -0.2) is 9.48 Å². The molecule has 1 unspecified atom stereocenters. The van der Waals surface area contributed by atoms with Crippen LogP contribution in [0.15, 0.2) is 46.8 Å². The Morgan fingerprint density at radius 1 is 1.08 bits per heavy atom. The lowest BCUT2D eigenvalue weighted by Crippen LogP contribution is -2.52. The summed E-state index contributed by atoms with van der Waals surface area (Å²) in [6, 6.07) is 6.87. The van der Waals surface area contributed by atoms with Crippen molar-refractivity contribution >= 4 is 39.8 Å². The lowest BCUT2D eigenvalue weighted by atomic mass is 9.87. The fourth-order valence-corrected chi connectivity index (χ4v) is 4.55. The Bertz CT molecular complexity index is 1230. The van der Waals surface area contributed by atoms with Crippen molar-refractivity contribution in [3.63, 3.8) is 0 Å². The minimum atomic E-state index is -1.26. The zero-order valence-corrected chi connectivity index (χ0v) is 23.0. The zero-order valence-electron chi connectivity index (χ0n) is 21.5. The largest absolute Gasteiger partial charge is 0.479 e. The summed E-state index contributed by atoms with van der Waals surface area (Å²) >= 11 is 3.50. The first-order chi connectivity index (χ1) is 18.0. The molecule has 1 aromatic heterocycles. The molecule has 2 aromatic rings. The first-order valence-electron chi connectivity index (χ1n) is 11.6. The maximum Gasteiger partial charge on any atom is 0.373 e. The molecule has 1 aliphatic rings. The van der Waals surface area contributed by atoms with E-state index < -0.39 is 60.8 Å². The third-order valence-electron chi connectivity index (χ3n) is 5.75. The van der Waals surface area contributed by atoms with Gasteiger partial charge in [-0.3, -0.25) is 14.4 Å². The summed E-state index contributed by atoms with van der Waals surface area (Å²) < 4.78 is 29.1. The maximum atomic E-state index is 12.5. The van der Waals surface area contributed by atoms with Crippen LogP contribution in [0.2, 0.25) is 0 Å². The van der Waals surface area contributed by atoms with Crippen LogP contribution in [0.1, 0.15) is 33.7 Å². The van der Waals surface area contributed by atoms with Crippen molar-refractivity contribution in [2.24, 2.45) is 5.92 Å². The number of carbonyl (C=O) groups is 4. The van der Waals surface area contributed by atoms with E-state index in [1.807, 2.05) is 24.3 Å². The van der Waals surface area contributed by atoms with Gasteiger partial charge in [-0.2, -0.15) is 0 Å². The van der Waals surface area contributed by atoms with Crippen molar-refractivity contribution in [3.8, 4) is 11.3 Å². The van der Waals surface area contributed by atoms with Gasteiger partial charge in [-0.1, -0.05) is 46.3 Å². The van der Waals surface area contributed by atoms with Gasteiger partial charge in [-0.15, -0.1) is 5.10 Å². The minimum absolute atomic E-state index is 0.162. The molecule has 5 atom stereocenters. The molecule has 12 nitrogen and oxygen atoms in total. The number of hydrogen-bond donors (Lipinski definition) is 0. The predicted molar refractivity (Wildman–Crippen MR) is 134 cm³/mol. The van der Waals surface area contributed by atoms with Gasteiger partial charge >= 0.3 is 23.9 Å². The van der Waals surface area contributed by atoms with E-state index >= 15 is 0 Å². The van der Waals surface area contributed by atoms with Crippen LogP contribution in [0, 0.1) is 5.92 Å². The predicted octanol–water partition coefficient (Wildman–Crippen LogP) is 2.77. The normalized spacial score (nSPS) is 20.3. The van der Waals surface area contributed by atoms with Crippen molar-refractivity contribution in [3.05, 3.63) is 46.8 Å². The number of rotatable bonds is 9. The van der Waals surface area contributed by atoms with Gasteiger partial charge in [0.1, 0.15) is 18.4 Å². The number of aromatic nitrogens is 3. The fourth-order valence-electron chi connectivity index (χ4n) is 4.06. The standard InChI is InChI=1S/C25H28BrN3O9/c1-13-20(29-11-19(27-28-29)17-8-6-7-9-18(17)26)10-21(25(33)34-5)38-23(13)24(37-16(4)32)22(36-15(3)31)12-35-14(2)30/h6-11,13,20,22-24H,12H2,1-5H3/t13-,20+,22?,23-,24-/m1/s1. The van der Waals surface area contributed by atoms with Crippen LogP contribution >= 0.6 is 15.9 Å². The number of esters is 4. The van der Waals surface area contributed by atoms with Crippen molar-refractivity contribution in [2.45, 2.75) is 52.0 Å². The van der Waals surface area contributed by atoms with Crippen LogP contribution in [0.5, 0.6) is 0 Å². The van der Waals surface area contributed by atoms with Crippen LogP contribution in [0.4, 0.5) is 0 Å². The molecule has 38 heavy (non-hydrogen) atoms. The second-order valence-corrected chi connectivity index (χ2v) is 9.40. The number of allylic oxidation sites excluding steroid dienone is 1. The molecule has 1 aliphatic heterocycles. The summed E-state index contributed by atoms with van der Waals surface area (Å²) in [5, 5.41) is 8.54. The molecule has 0 fully saturated rings. The number of nitrogens with zero attached hydrogens (tertiary/aromatic N) is 3. The van der Waals surface area contributed by atoms with Gasteiger partial charge in [0, 0.05) is 36.7 Å². The molecule has 0 amide bonds. The lowest BCUT2D eigenvalue weighted by molar-refractivity contribution is -0.190. The molecule has 13 heteroatoms. The molecule has 0 bridgehead atoms. The molecule has 0 N–H and O–H groups in total. The number of halogens is 1. The Hall–Kier alpha value is -3.74. The maximum absolute atomic E-state index is 12.5. The monoisotopic (exact) mass is 593 g/mol. The van der Waals surface area contributed by atoms with Crippen molar-refractivity contribution in [1.82, 2.24) is 15.0 Å². The fraction of sp³-hybridized carbons (Fsp3) is 0.440. The molecule has 1 aromatic carbocycles. The lowest BCUT2D eigenvalue weighted by Gasteiger charge is -2.40. The summed E-state index contributed by atoms with van der Waals surface area (Å²) in [4.78, 5) is 48.0. The summed E-state index contributed by atoms with van der Waals surface area (Å²) in [6.45, 7) is 4.90. The molecular weight excluding hydrogens is 566 g/mol. The Morgan fingerprint density at radius 2 is 1.76 bits per heavy atom. The highest BCUT2D eigenvalue weighted by atomic mass is 79.9. The van der Waals surface area contributed by atoms with Gasteiger partial charge in [-0.05, 0) is 12.1 Å². The molecule has 0 saturated carbocycles. The molecule has 3 rings (SSSR count). The first-order valence-corrected chi connectivity index (χ1v) is 12.4. The quantitative estimate of drug-likeness (QED) is 0.312. The van der Waals surface area contributed by atoms with E-state index in [-0.39, 0.29) is 5.76 Å². The van der Waals surface area contributed by atoms with E-state index in [4.69, 9.17) is 23.7 Å². The summed E-state index contributed by atoms with van der Waals surface area (Å²) in [5.41, 5.74) is 1.38. The average molecular weight is 594 g/mol. The number of benzene rings is 1. The van der Waals surface area contributed by atoms with Crippen LogP contribution < -0.4 is 0 Å². The molecule has 204 valence electrons. The molecule has 0 radical (unpaired) electrons. The van der Waals surface area contributed by atoms with Gasteiger partial charge in [0.15, 0.2) is 12.2 Å². The second-order valence-electron chi connectivity index (χ2n) is 8.54. The number of methoxy groups -OCH3 is 1. The van der Waals surface area contributed by atoms with E-state index in [1.165, 1.54) is 27.0 Å². The molecule has 0 aliphatic carbocycles. The third kappa shape index (κ3) is 6.97. The van der Waals surface area contributed by atoms with Crippen molar-refractivity contribution in [2.75, 3.05) is 13.7 Å². The van der Waals surface area contributed by atoms with Gasteiger partial charge in [0.2, 0.25) is 5.76 Å². The Labute approximate surface area is 227 Å². The van der Waals surface area contributed by atoms with Gasteiger partial charge in [0.05, 0.1) is 19.3 Å². The van der Waals surface area contributed by atoms with Gasteiger partial charge < -0.3 is 23.7 Å². The smallest absolute Gasteiger partial charge is 0.373 e. The van der Waals surface area contributed by atoms with E-state index in [1.54, 1.807) is 17.8 Å². The summed E-state index contributed by atoms with van der Waals surface area (Å²) in [6.07, 6.45) is -0.287. The van der Waals surface area contributed by atoms with E-state index in [0.717, 1.165) is 17.0 Å². The summed E-state index contributed by atoms with van der Waals surface area (Å²) in [5.74, 6) is -3.48.